The van der Waals surface area contributed by atoms with Crippen molar-refractivity contribution in [2.45, 2.75) is 19.4 Å². The van der Waals surface area contributed by atoms with Crippen molar-refractivity contribution < 1.29 is 4.74 Å². The number of aromatic nitrogens is 1. The summed E-state index contributed by atoms with van der Waals surface area (Å²) in [4.78, 5) is 1.24. The Morgan fingerprint density at radius 1 is 1.04 bits per heavy atom. The van der Waals surface area contributed by atoms with Gasteiger partial charge in [-0.15, -0.1) is 0 Å². The van der Waals surface area contributed by atoms with E-state index in [1.165, 1.54) is 15.6 Å². The molecular formula is C23H20N2OS2. The third kappa shape index (κ3) is 2.50. The van der Waals surface area contributed by atoms with Gasteiger partial charge in [0.25, 0.3) is 0 Å². The zero-order valence-electron chi connectivity index (χ0n) is 15.9. The summed E-state index contributed by atoms with van der Waals surface area (Å²) in [7, 11) is 1.70. The molecule has 0 saturated heterocycles. The molecule has 140 valence electrons. The Balaban J connectivity index is 1.83. The molecular weight excluding hydrogens is 384 g/mol. The highest BCUT2D eigenvalue weighted by atomic mass is 32.1. The van der Waals surface area contributed by atoms with E-state index in [0.29, 0.717) is 0 Å². The number of benzene rings is 3. The van der Waals surface area contributed by atoms with Crippen molar-refractivity contribution in [3.05, 3.63) is 70.2 Å². The molecule has 1 aliphatic rings. The van der Waals surface area contributed by atoms with E-state index < -0.39 is 0 Å². The molecule has 0 unspecified atom stereocenters. The summed E-state index contributed by atoms with van der Waals surface area (Å²) in [5, 5.41) is 6.09. The van der Waals surface area contributed by atoms with Crippen molar-refractivity contribution >= 4 is 40.2 Å². The first kappa shape index (κ1) is 17.5. The van der Waals surface area contributed by atoms with Gasteiger partial charge in [0.2, 0.25) is 0 Å². The highest BCUT2D eigenvalue weighted by Gasteiger charge is 2.35. The normalized spacial score (nSPS) is 14.2. The van der Waals surface area contributed by atoms with Crippen molar-refractivity contribution in [1.82, 2.24) is 3.96 Å². The first-order valence-electron chi connectivity index (χ1n) is 9.21. The number of hydrogen-bond donors (Lipinski definition) is 1. The molecule has 0 saturated carbocycles. The lowest BCUT2D eigenvalue weighted by Gasteiger charge is -2.33. The molecule has 0 atom stereocenters. The molecule has 0 aliphatic carbocycles. The number of ether oxygens (including phenoxy) is 1. The van der Waals surface area contributed by atoms with Gasteiger partial charge >= 0.3 is 0 Å². The van der Waals surface area contributed by atoms with Gasteiger partial charge in [-0.1, -0.05) is 60.1 Å². The molecule has 0 fully saturated rings. The maximum atomic E-state index is 6.02. The van der Waals surface area contributed by atoms with Gasteiger partial charge < -0.3 is 10.1 Å². The fourth-order valence-corrected chi connectivity index (χ4v) is 5.62. The summed E-state index contributed by atoms with van der Waals surface area (Å²) in [5.41, 5.74) is 4.25. The number of nitrogens with one attached hydrogen (secondary N) is 1. The molecule has 28 heavy (non-hydrogen) atoms. The summed E-state index contributed by atoms with van der Waals surface area (Å²) in [6.07, 6.45) is 0. The summed E-state index contributed by atoms with van der Waals surface area (Å²) in [5.74, 6) is 0.837. The summed E-state index contributed by atoms with van der Waals surface area (Å²) in [6, 6.07) is 21.0. The first-order chi connectivity index (χ1) is 13.5. The van der Waals surface area contributed by atoms with Gasteiger partial charge in [-0.05, 0) is 43.5 Å². The number of methoxy groups -OCH3 is 1. The van der Waals surface area contributed by atoms with Crippen molar-refractivity contribution in [3.8, 4) is 22.6 Å². The van der Waals surface area contributed by atoms with Crippen LogP contribution < -0.4 is 10.1 Å². The fraction of sp³-hybridized carbons (Fsp3) is 0.174. The average Bonchev–Trinajstić information content (AvgIpc) is 3.06. The van der Waals surface area contributed by atoms with Crippen molar-refractivity contribution in [1.29, 1.82) is 0 Å². The van der Waals surface area contributed by atoms with Crippen LogP contribution in [0.5, 0.6) is 5.75 Å². The highest BCUT2D eigenvalue weighted by Crippen LogP contribution is 2.48. The molecule has 0 spiro atoms. The second-order valence-electron chi connectivity index (χ2n) is 7.55. The van der Waals surface area contributed by atoms with E-state index in [1.54, 1.807) is 18.6 Å². The lowest BCUT2D eigenvalue weighted by atomic mass is 9.89. The SMILES string of the molecule is COc1ccc2c(c1)-c1c(sn(-c3cccc4ccccc34)c1=S)C(C)(C)N2. The molecule has 5 rings (SSSR count). The summed E-state index contributed by atoms with van der Waals surface area (Å²) < 4.78 is 8.51. The zero-order chi connectivity index (χ0) is 19.5. The molecule has 0 bridgehead atoms. The average molecular weight is 405 g/mol. The molecule has 0 amide bonds. The fourth-order valence-electron chi connectivity index (χ4n) is 3.94. The third-order valence-corrected chi connectivity index (χ3v) is 7.27. The van der Waals surface area contributed by atoms with E-state index in [0.717, 1.165) is 32.9 Å². The summed E-state index contributed by atoms with van der Waals surface area (Å²) in [6.45, 7) is 4.41. The van der Waals surface area contributed by atoms with Crippen LogP contribution >= 0.6 is 23.8 Å². The van der Waals surface area contributed by atoms with Gasteiger partial charge in [0.1, 0.15) is 10.4 Å². The van der Waals surface area contributed by atoms with Crippen molar-refractivity contribution in [2.24, 2.45) is 0 Å². The van der Waals surface area contributed by atoms with Crippen LogP contribution in [0.4, 0.5) is 5.69 Å². The van der Waals surface area contributed by atoms with E-state index in [2.05, 4.69) is 77.7 Å². The first-order valence-corrected chi connectivity index (χ1v) is 10.4. The van der Waals surface area contributed by atoms with E-state index in [9.17, 15) is 0 Å². The quantitative estimate of drug-likeness (QED) is 0.374. The third-order valence-electron chi connectivity index (χ3n) is 5.30. The Hall–Kier alpha value is -2.63. The minimum Gasteiger partial charge on any atom is -0.497 e. The van der Waals surface area contributed by atoms with Gasteiger partial charge in [-0.2, -0.15) is 0 Å². The number of hydrogen-bond acceptors (Lipinski definition) is 4. The Bertz CT molecular complexity index is 1280. The van der Waals surface area contributed by atoms with Crippen LogP contribution in [0.25, 0.3) is 27.6 Å². The van der Waals surface area contributed by atoms with Gasteiger partial charge in [0.05, 0.1) is 23.2 Å². The number of nitrogens with zero attached hydrogens (tertiary/aromatic N) is 1. The Kier molecular flexibility index (Phi) is 3.86. The van der Waals surface area contributed by atoms with Crippen LogP contribution in [-0.4, -0.2) is 11.1 Å². The zero-order valence-corrected chi connectivity index (χ0v) is 17.6. The molecule has 2 heterocycles. The molecule has 4 aromatic rings. The maximum Gasteiger partial charge on any atom is 0.129 e. The second kappa shape index (κ2) is 6.19. The predicted molar refractivity (Wildman–Crippen MR) is 121 cm³/mol. The molecule has 0 radical (unpaired) electrons. The van der Waals surface area contributed by atoms with Crippen LogP contribution in [-0.2, 0) is 5.54 Å². The van der Waals surface area contributed by atoms with Crippen LogP contribution in [0, 0.1) is 4.64 Å². The monoisotopic (exact) mass is 404 g/mol. The Labute approximate surface area is 173 Å². The number of rotatable bonds is 2. The molecule has 3 aromatic carbocycles. The van der Waals surface area contributed by atoms with Crippen LogP contribution in [0.15, 0.2) is 60.7 Å². The van der Waals surface area contributed by atoms with Gasteiger partial charge in [-0.25, -0.2) is 0 Å². The lowest BCUT2D eigenvalue weighted by Crippen LogP contribution is -2.30. The van der Waals surface area contributed by atoms with Crippen LogP contribution in [0.1, 0.15) is 18.7 Å². The summed E-state index contributed by atoms with van der Waals surface area (Å²) >= 11 is 7.74. The molecule has 3 nitrogen and oxygen atoms in total. The minimum atomic E-state index is -0.203. The number of fused-ring (bicyclic) bond motifs is 4. The van der Waals surface area contributed by atoms with E-state index in [-0.39, 0.29) is 5.54 Å². The number of anilines is 1. The van der Waals surface area contributed by atoms with Crippen molar-refractivity contribution in [2.75, 3.05) is 12.4 Å². The second-order valence-corrected chi connectivity index (χ2v) is 8.90. The standard InChI is InChI=1S/C23H20N2OS2/c1-23(2)21-20(17-13-15(26-3)11-12-18(17)24-23)22(27)25(28-21)19-10-6-8-14-7-4-5-9-16(14)19/h4-13,24H,1-3H3. The smallest absolute Gasteiger partial charge is 0.129 e. The maximum absolute atomic E-state index is 6.02. The van der Waals surface area contributed by atoms with Gasteiger partial charge in [0.15, 0.2) is 0 Å². The largest absolute Gasteiger partial charge is 0.497 e. The predicted octanol–water partition coefficient (Wildman–Crippen LogP) is 6.76. The van der Waals surface area contributed by atoms with Gasteiger partial charge in [-0.3, -0.25) is 3.96 Å². The molecule has 1 aliphatic heterocycles. The minimum absolute atomic E-state index is 0.203. The Morgan fingerprint density at radius 3 is 2.64 bits per heavy atom. The lowest BCUT2D eigenvalue weighted by molar-refractivity contribution is 0.415. The molecule has 1 aromatic heterocycles. The van der Waals surface area contributed by atoms with Gasteiger partial charge in [0, 0.05) is 22.2 Å². The highest BCUT2D eigenvalue weighted by molar-refractivity contribution is 7.71. The van der Waals surface area contributed by atoms with E-state index in [1.807, 2.05) is 6.07 Å². The topological polar surface area (TPSA) is 26.2 Å². The van der Waals surface area contributed by atoms with E-state index >= 15 is 0 Å². The molecule has 1 N–H and O–H groups in total. The molecule has 5 heteroatoms. The van der Waals surface area contributed by atoms with E-state index in [4.69, 9.17) is 17.0 Å². The van der Waals surface area contributed by atoms with Crippen LogP contribution in [0.3, 0.4) is 0 Å². The van der Waals surface area contributed by atoms with Crippen LogP contribution in [0.2, 0.25) is 0 Å². The Morgan fingerprint density at radius 2 is 1.82 bits per heavy atom. The van der Waals surface area contributed by atoms with Crippen molar-refractivity contribution in [3.63, 3.8) is 0 Å².